The number of para-hydroxylation sites is 1. The number of hydrogen-bond acceptors (Lipinski definition) is 3. The Kier molecular flexibility index (Phi) is 5.56. The molecule has 0 unspecified atom stereocenters. The van der Waals surface area contributed by atoms with E-state index in [1.807, 2.05) is 30.3 Å². The van der Waals surface area contributed by atoms with Crippen molar-refractivity contribution >= 4 is 33.7 Å². The number of aromatic nitrogens is 1. The van der Waals surface area contributed by atoms with Crippen molar-refractivity contribution in [2.24, 2.45) is 0 Å². The Morgan fingerprint density at radius 3 is 2.58 bits per heavy atom. The highest BCUT2D eigenvalue weighted by Gasteiger charge is 2.12. The fourth-order valence-electron chi connectivity index (χ4n) is 3.31. The number of carbonyl (C=O) groups is 2. The van der Waals surface area contributed by atoms with Crippen molar-refractivity contribution in [2.75, 3.05) is 13.2 Å². The van der Waals surface area contributed by atoms with Crippen LogP contribution in [0.4, 0.5) is 0 Å². The van der Waals surface area contributed by atoms with E-state index in [2.05, 4.69) is 28.9 Å². The third-order valence-electron chi connectivity index (χ3n) is 4.50. The molecular weight excluding hydrogens is 328 g/mol. The van der Waals surface area contributed by atoms with Gasteiger partial charge < -0.3 is 14.6 Å². The summed E-state index contributed by atoms with van der Waals surface area (Å²) >= 11 is 0. The molecule has 3 rings (SSSR count). The molecule has 5 nitrogen and oxygen atoms in total. The quantitative estimate of drug-likeness (QED) is 0.518. The number of carbonyl (C=O) groups excluding carboxylic acids is 2. The van der Waals surface area contributed by atoms with Gasteiger partial charge in [0.2, 0.25) is 0 Å². The summed E-state index contributed by atoms with van der Waals surface area (Å²) in [5, 5.41) is 5.12. The molecule has 0 radical (unpaired) electrons. The molecule has 0 aliphatic rings. The van der Waals surface area contributed by atoms with Crippen molar-refractivity contribution in [3.05, 3.63) is 48.0 Å². The number of nitrogens with one attached hydrogen (secondary N) is 1. The second kappa shape index (κ2) is 8.04. The summed E-state index contributed by atoms with van der Waals surface area (Å²) < 4.78 is 7.14. The molecule has 0 saturated carbocycles. The van der Waals surface area contributed by atoms with E-state index in [0.717, 1.165) is 22.8 Å². The van der Waals surface area contributed by atoms with Gasteiger partial charge in [-0.15, -0.1) is 0 Å². The van der Waals surface area contributed by atoms with Crippen LogP contribution in [0.1, 0.15) is 37.0 Å². The van der Waals surface area contributed by atoms with Gasteiger partial charge in [0.1, 0.15) is 0 Å². The molecule has 26 heavy (non-hydrogen) atoms. The first-order chi connectivity index (χ1) is 12.7. The lowest BCUT2D eigenvalue weighted by molar-refractivity contribution is -0.143. The van der Waals surface area contributed by atoms with Gasteiger partial charge in [-0.1, -0.05) is 18.2 Å². The van der Waals surface area contributed by atoms with E-state index >= 15 is 0 Å². The average Bonchev–Trinajstić information content (AvgIpc) is 2.98. The molecule has 0 spiro atoms. The number of fused-ring (bicyclic) bond motifs is 3. The highest BCUT2D eigenvalue weighted by molar-refractivity contribution is 6.10. The monoisotopic (exact) mass is 352 g/mol. The smallest absolute Gasteiger partial charge is 0.305 e. The van der Waals surface area contributed by atoms with Crippen LogP contribution >= 0.6 is 0 Å². The number of rotatable bonds is 7. The zero-order chi connectivity index (χ0) is 18.5. The van der Waals surface area contributed by atoms with Crippen LogP contribution in [0.2, 0.25) is 0 Å². The fourth-order valence-corrected chi connectivity index (χ4v) is 3.31. The standard InChI is InChI=1S/C21H24N2O3/c1-3-23-18-9-6-5-8-16(18)17-14-15(11-12-19(17)23)21(25)22-13-7-10-20(24)26-4-2/h5-6,8-9,11-12,14H,3-4,7,10,13H2,1-2H3,(H,22,25). The van der Waals surface area contributed by atoms with E-state index < -0.39 is 0 Å². The SMILES string of the molecule is CCOC(=O)CCCNC(=O)c1ccc2c(c1)c1ccccc1n2CC. The summed E-state index contributed by atoms with van der Waals surface area (Å²) in [4.78, 5) is 23.8. The van der Waals surface area contributed by atoms with Gasteiger partial charge in [-0.2, -0.15) is 0 Å². The second-order valence-corrected chi connectivity index (χ2v) is 6.16. The van der Waals surface area contributed by atoms with Gasteiger partial charge in [0.25, 0.3) is 5.91 Å². The van der Waals surface area contributed by atoms with Gasteiger partial charge in [0, 0.05) is 46.9 Å². The number of aryl methyl sites for hydroxylation is 1. The molecule has 0 aliphatic heterocycles. The van der Waals surface area contributed by atoms with Crippen LogP contribution in [-0.2, 0) is 16.1 Å². The molecule has 0 atom stereocenters. The minimum absolute atomic E-state index is 0.121. The molecule has 1 heterocycles. The van der Waals surface area contributed by atoms with Gasteiger partial charge >= 0.3 is 5.97 Å². The maximum Gasteiger partial charge on any atom is 0.305 e. The van der Waals surface area contributed by atoms with Crippen LogP contribution in [0.5, 0.6) is 0 Å². The maximum atomic E-state index is 12.4. The Morgan fingerprint density at radius 1 is 1.04 bits per heavy atom. The van der Waals surface area contributed by atoms with Crippen LogP contribution < -0.4 is 5.32 Å². The Labute approximate surface area is 152 Å². The van der Waals surface area contributed by atoms with Gasteiger partial charge in [0.05, 0.1) is 6.61 Å². The highest BCUT2D eigenvalue weighted by Crippen LogP contribution is 2.29. The van der Waals surface area contributed by atoms with Gasteiger partial charge in [-0.25, -0.2) is 0 Å². The lowest BCUT2D eigenvalue weighted by Gasteiger charge is -2.06. The molecule has 5 heteroatoms. The van der Waals surface area contributed by atoms with Crippen LogP contribution in [-0.4, -0.2) is 29.6 Å². The summed E-state index contributed by atoms with van der Waals surface area (Å²) in [5.41, 5.74) is 2.94. The Hall–Kier alpha value is -2.82. The van der Waals surface area contributed by atoms with Gasteiger partial charge in [-0.05, 0) is 44.5 Å². The molecule has 136 valence electrons. The van der Waals surface area contributed by atoms with E-state index in [1.165, 1.54) is 5.52 Å². The molecule has 0 fully saturated rings. The van der Waals surface area contributed by atoms with E-state index in [1.54, 1.807) is 6.92 Å². The topological polar surface area (TPSA) is 60.3 Å². The third-order valence-corrected chi connectivity index (χ3v) is 4.50. The molecular formula is C21H24N2O3. The molecule has 0 bridgehead atoms. The number of esters is 1. The molecule has 1 amide bonds. The van der Waals surface area contributed by atoms with E-state index in [0.29, 0.717) is 31.6 Å². The van der Waals surface area contributed by atoms with Crippen molar-refractivity contribution in [3.63, 3.8) is 0 Å². The first-order valence-corrected chi connectivity index (χ1v) is 9.10. The van der Waals surface area contributed by atoms with E-state index in [9.17, 15) is 9.59 Å². The van der Waals surface area contributed by atoms with Crippen molar-refractivity contribution in [2.45, 2.75) is 33.2 Å². The Morgan fingerprint density at radius 2 is 1.81 bits per heavy atom. The molecule has 2 aromatic carbocycles. The van der Waals surface area contributed by atoms with Crippen molar-refractivity contribution < 1.29 is 14.3 Å². The Bertz CT molecular complexity index is 943. The maximum absolute atomic E-state index is 12.4. The molecule has 1 aromatic heterocycles. The van der Waals surface area contributed by atoms with Crippen LogP contribution in [0.25, 0.3) is 21.8 Å². The Balaban J connectivity index is 1.75. The van der Waals surface area contributed by atoms with E-state index in [4.69, 9.17) is 4.74 Å². The highest BCUT2D eigenvalue weighted by atomic mass is 16.5. The zero-order valence-corrected chi connectivity index (χ0v) is 15.2. The average molecular weight is 352 g/mol. The molecule has 0 aliphatic carbocycles. The minimum Gasteiger partial charge on any atom is -0.466 e. The number of benzene rings is 2. The minimum atomic E-state index is -0.226. The lowest BCUT2D eigenvalue weighted by atomic mass is 10.1. The summed E-state index contributed by atoms with van der Waals surface area (Å²) in [6.07, 6.45) is 0.888. The van der Waals surface area contributed by atoms with Crippen molar-refractivity contribution in [1.82, 2.24) is 9.88 Å². The predicted molar refractivity (Wildman–Crippen MR) is 103 cm³/mol. The summed E-state index contributed by atoms with van der Waals surface area (Å²) in [5.74, 6) is -0.348. The normalized spacial score (nSPS) is 11.0. The van der Waals surface area contributed by atoms with E-state index in [-0.39, 0.29) is 11.9 Å². The van der Waals surface area contributed by atoms with Gasteiger partial charge in [-0.3, -0.25) is 9.59 Å². The number of hydrogen-bond donors (Lipinski definition) is 1. The molecule has 3 aromatic rings. The third kappa shape index (κ3) is 3.57. The van der Waals surface area contributed by atoms with Crippen LogP contribution in [0, 0.1) is 0 Å². The lowest BCUT2D eigenvalue weighted by Crippen LogP contribution is -2.25. The van der Waals surface area contributed by atoms with Crippen LogP contribution in [0.3, 0.4) is 0 Å². The summed E-state index contributed by atoms with van der Waals surface area (Å²) in [6.45, 7) is 5.62. The summed E-state index contributed by atoms with van der Waals surface area (Å²) in [6, 6.07) is 14.1. The number of nitrogens with zero attached hydrogens (tertiary/aromatic N) is 1. The molecule has 1 N–H and O–H groups in total. The second-order valence-electron chi connectivity index (χ2n) is 6.16. The summed E-state index contributed by atoms with van der Waals surface area (Å²) in [7, 11) is 0. The number of ether oxygens (including phenoxy) is 1. The van der Waals surface area contributed by atoms with Crippen LogP contribution in [0.15, 0.2) is 42.5 Å². The fraction of sp³-hybridized carbons (Fsp3) is 0.333. The largest absolute Gasteiger partial charge is 0.466 e. The number of amides is 1. The van der Waals surface area contributed by atoms with Crippen molar-refractivity contribution in [1.29, 1.82) is 0 Å². The first-order valence-electron chi connectivity index (χ1n) is 9.10. The van der Waals surface area contributed by atoms with Crippen molar-refractivity contribution in [3.8, 4) is 0 Å². The predicted octanol–water partition coefficient (Wildman–Crippen LogP) is 3.89. The first kappa shape index (κ1) is 18.0. The molecule has 0 saturated heterocycles. The van der Waals surface area contributed by atoms with Gasteiger partial charge in [0.15, 0.2) is 0 Å². The zero-order valence-electron chi connectivity index (χ0n) is 15.2.